The minimum absolute atomic E-state index is 0.208. The number of aliphatic carboxylic acids is 1. The summed E-state index contributed by atoms with van der Waals surface area (Å²) >= 11 is 0. The number of nitrogens with one attached hydrogen (secondary N) is 1. The molecule has 0 bridgehead atoms. The molecule has 1 amide bonds. The lowest BCUT2D eigenvalue weighted by Crippen LogP contribution is -2.41. The van der Waals surface area contributed by atoms with Crippen molar-refractivity contribution in [1.29, 1.82) is 0 Å². The third kappa shape index (κ3) is 4.01. The highest BCUT2D eigenvalue weighted by molar-refractivity contribution is 6.02. The van der Waals surface area contributed by atoms with Crippen molar-refractivity contribution in [3.05, 3.63) is 70.3 Å². The number of carboxylic acid groups (broad SMARTS) is 1. The maximum Gasteiger partial charge on any atom is 0.340 e. The maximum atomic E-state index is 12.6. The number of aryl methyl sites for hydroxylation is 1. The zero-order valence-corrected chi connectivity index (χ0v) is 17.8. The third-order valence-electron chi connectivity index (χ3n) is 5.61. The van der Waals surface area contributed by atoms with Gasteiger partial charge in [-0.2, -0.15) is 0 Å². The molecule has 2 heterocycles. The molecule has 2 aromatic carbocycles. The Balaban J connectivity index is 1.74. The van der Waals surface area contributed by atoms with Crippen LogP contribution in [0.4, 0.5) is 0 Å². The van der Waals surface area contributed by atoms with E-state index in [9.17, 15) is 19.5 Å². The molecule has 0 radical (unpaired) electrons. The van der Waals surface area contributed by atoms with Crippen LogP contribution in [-0.2, 0) is 16.0 Å². The van der Waals surface area contributed by atoms with Crippen LogP contribution >= 0.6 is 0 Å². The predicted octanol–water partition coefficient (Wildman–Crippen LogP) is 4.43. The lowest BCUT2D eigenvalue weighted by Gasteiger charge is -2.14. The molecule has 4 aromatic rings. The van der Waals surface area contributed by atoms with E-state index in [1.165, 1.54) is 0 Å². The van der Waals surface area contributed by atoms with E-state index in [0.29, 0.717) is 35.0 Å². The minimum atomic E-state index is -1.10. The third-order valence-corrected chi connectivity index (χ3v) is 5.61. The van der Waals surface area contributed by atoms with Crippen LogP contribution in [0.3, 0.4) is 0 Å². The second-order valence-corrected chi connectivity index (χ2v) is 7.78. The standard InChI is InChI=1S/C25H23NO6/c1-3-7-20(24(28)29)26-23(27)11-17-14(2)16-10-18-19(15-8-5-4-6-9-15)13-31-21(18)12-22(16)32-25(17)30/h4-6,8-10,12-13,20H,3,7,11H2,1-2H3,(H,26,27)(H,28,29)/t20-/m1/s1. The van der Waals surface area contributed by atoms with Gasteiger partial charge in [-0.05, 0) is 30.5 Å². The summed E-state index contributed by atoms with van der Waals surface area (Å²) in [6.07, 6.45) is 2.33. The average Bonchev–Trinajstić information content (AvgIpc) is 3.18. The quantitative estimate of drug-likeness (QED) is 0.417. The van der Waals surface area contributed by atoms with Gasteiger partial charge in [-0.25, -0.2) is 9.59 Å². The number of carbonyl (C=O) groups is 2. The van der Waals surface area contributed by atoms with Crippen molar-refractivity contribution in [3.63, 3.8) is 0 Å². The van der Waals surface area contributed by atoms with Gasteiger partial charge in [0.1, 0.15) is 17.2 Å². The second-order valence-electron chi connectivity index (χ2n) is 7.78. The van der Waals surface area contributed by atoms with Crippen molar-refractivity contribution >= 4 is 33.8 Å². The first-order chi connectivity index (χ1) is 15.4. The van der Waals surface area contributed by atoms with Gasteiger partial charge in [0.15, 0.2) is 0 Å². The van der Waals surface area contributed by atoms with Crippen molar-refractivity contribution in [1.82, 2.24) is 5.32 Å². The van der Waals surface area contributed by atoms with Crippen molar-refractivity contribution in [3.8, 4) is 11.1 Å². The number of hydrogen-bond donors (Lipinski definition) is 2. The van der Waals surface area contributed by atoms with Crippen LogP contribution in [0.25, 0.3) is 33.1 Å². The summed E-state index contributed by atoms with van der Waals surface area (Å²) in [7, 11) is 0. The zero-order chi connectivity index (χ0) is 22.8. The number of furan rings is 1. The summed E-state index contributed by atoms with van der Waals surface area (Å²) in [5.41, 5.74) is 3.07. The summed E-state index contributed by atoms with van der Waals surface area (Å²) in [4.78, 5) is 36.4. The van der Waals surface area contributed by atoms with Crippen LogP contribution in [-0.4, -0.2) is 23.0 Å². The zero-order valence-electron chi connectivity index (χ0n) is 17.8. The fraction of sp³-hybridized carbons (Fsp3) is 0.240. The monoisotopic (exact) mass is 433 g/mol. The number of carbonyl (C=O) groups excluding carboxylic acids is 1. The lowest BCUT2D eigenvalue weighted by molar-refractivity contribution is -0.141. The Labute approximate surface area is 183 Å². The largest absolute Gasteiger partial charge is 0.480 e. The number of rotatable bonds is 7. The molecule has 0 saturated carbocycles. The van der Waals surface area contributed by atoms with E-state index in [2.05, 4.69) is 5.32 Å². The molecule has 7 heteroatoms. The molecule has 32 heavy (non-hydrogen) atoms. The van der Waals surface area contributed by atoms with E-state index in [1.807, 2.05) is 43.3 Å². The van der Waals surface area contributed by atoms with Gasteiger partial charge < -0.3 is 19.3 Å². The summed E-state index contributed by atoms with van der Waals surface area (Å²) in [6.45, 7) is 3.60. The average molecular weight is 433 g/mol. The Kier molecular flexibility index (Phi) is 5.81. The van der Waals surface area contributed by atoms with Gasteiger partial charge in [-0.1, -0.05) is 43.7 Å². The molecule has 0 unspecified atom stereocenters. The molecule has 164 valence electrons. The highest BCUT2D eigenvalue weighted by atomic mass is 16.4. The molecule has 0 fully saturated rings. The summed E-state index contributed by atoms with van der Waals surface area (Å²) in [5, 5.41) is 13.3. The molecule has 4 rings (SSSR count). The lowest BCUT2D eigenvalue weighted by atomic mass is 9.99. The van der Waals surface area contributed by atoms with Crippen molar-refractivity contribution in [2.24, 2.45) is 0 Å². The molecule has 0 aliphatic rings. The van der Waals surface area contributed by atoms with Crippen LogP contribution in [0.1, 0.15) is 30.9 Å². The molecule has 7 nitrogen and oxygen atoms in total. The number of carboxylic acids is 1. The number of fused-ring (bicyclic) bond motifs is 2. The number of hydrogen-bond acceptors (Lipinski definition) is 5. The molecule has 0 aliphatic heterocycles. The van der Waals surface area contributed by atoms with Gasteiger partial charge in [0, 0.05) is 22.4 Å². The Morgan fingerprint density at radius 2 is 1.84 bits per heavy atom. The highest BCUT2D eigenvalue weighted by Crippen LogP contribution is 2.34. The van der Waals surface area contributed by atoms with Crippen molar-refractivity contribution in [2.75, 3.05) is 0 Å². The Morgan fingerprint density at radius 3 is 2.53 bits per heavy atom. The van der Waals surface area contributed by atoms with Crippen LogP contribution in [0.5, 0.6) is 0 Å². The van der Waals surface area contributed by atoms with E-state index >= 15 is 0 Å². The van der Waals surface area contributed by atoms with Crippen molar-refractivity contribution in [2.45, 2.75) is 39.2 Å². The molecule has 1 atom stereocenters. The summed E-state index contributed by atoms with van der Waals surface area (Å²) < 4.78 is 11.2. The van der Waals surface area contributed by atoms with Gasteiger partial charge in [-0.15, -0.1) is 0 Å². The topological polar surface area (TPSA) is 110 Å². The number of amides is 1. The molecular formula is C25H23NO6. The smallest absolute Gasteiger partial charge is 0.340 e. The Morgan fingerprint density at radius 1 is 1.09 bits per heavy atom. The predicted molar refractivity (Wildman–Crippen MR) is 121 cm³/mol. The van der Waals surface area contributed by atoms with Gasteiger partial charge >= 0.3 is 11.6 Å². The minimum Gasteiger partial charge on any atom is -0.480 e. The van der Waals surface area contributed by atoms with Gasteiger partial charge in [0.05, 0.1) is 18.2 Å². The van der Waals surface area contributed by atoms with Crippen LogP contribution in [0.2, 0.25) is 0 Å². The van der Waals surface area contributed by atoms with Gasteiger partial charge in [-0.3, -0.25) is 4.79 Å². The Hall–Kier alpha value is -3.87. The van der Waals surface area contributed by atoms with E-state index in [-0.39, 0.29) is 12.0 Å². The number of benzene rings is 2. The molecule has 0 spiro atoms. The SMILES string of the molecule is CCC[C@@H](NC(=O)Cc1c(C)c2cc3c(-c4ccccc4)coc3cc2oc1=O)C(=O)O. The first-order valence-corrected chi connectivity index (χ1v) is 10.4. The van der Waals surface area contributed by atoms with Gasteiger partial charge in [0.2, 0.25) is 5.91 Å². The highest BCUT2D eigenvalue weighted by Gasteiger charge is 2.22. The fourth-order valence-corrected chi connectivity index (χ4v) is 3.91. The summed E-state index contributed by atoms with van der Waals surface area (Å²) in [6, 6.07) is 12.4. The first kappa shape index (κ1) is 21.4. The summed E-state index contributed by atoms with van der Waals surface area (Å²) in [5.74, 6) is -1.63. The first-order valence-electron chi connectivity index (χ1n) is 10.4. The van der Waals surface area contributed by atoms with E-state index < -0.39 is 23.5 Å². The fourth-order valence-electron chi connectivity index (χ4n) is 3.91. The Bertz CT molecular complexity index is 1370. The molecule has 2 aromatic heterocycles. The molecule has 0 aliphatic carbocycles. The normalized spacial score (nSPS) is 12.2. The van der Waals surface area contributed by atoms with Crippen LogP contribution in [0, 0.1) is 6.92 Å². The van der Waals surface area contributed by atoms with E-state index in [4.69, 9.17) is 8.83 Å². The molecule has 2 N–H and O–H groups in total. The van der Waals surface area contributed by atoms with E-state index in [0.717, 1.165) is 16.5 Å². The van der Waals surface area contributed by atoms with Crippen molar-refractivity contribution < 1.29 is 23.5 Å². The molecular weight excluding hydrogens is 410 g/mol. The maximum absolute atomic E-state index is 12.6. The van der Waals surface area contributed by atoms with Gasteiger partial charge in [0.25, 0.3) is 0 Å². The van der Waals surface area contributed by atoms with Crippen LogP contribution < -0.4 is 10.9 Å². The van der Waals surface area contributed by atoms with Crippen LogP contribution in [0.15, 0.2) is 62.4 Å². The van der Waals surface area contributed by atoms with E-state index in [1.54, 1.807) is 19.3 Å². The second kappa shape index (κ2) is 8.70. The molecule has 0 saturated heterocycles.